The van der Waals surface area contributed by atoms with E-state index in [1.54, 1.807) is 11.3 Å². The highest BCUT2D eigenvalue weighted by atomic mass is 32.1. The van der Waals surface area contributed by atoms with Crippen LogP contribution in [0, 0.1) is 12.3 Å². The van der Waals surface area contributed by atoms with Crippen LogP contribution in [0.2, 0.25) is 0 Å². The summed E-state index contributed by atoms with van der Waals surface area (Å²) in [5.74, 6) is 0.335. The number of aromatic nitrogens is 1. The lowest BCUT2D eigenvalue weighted by Crippen LogP contribution is -2.47. The molecule has 0 saturated carbocycles. The Morgan fingerprint density at radius 1 is 1.48 bits per heavy atom. The van der Waals surface area contributed by atoms with Crippen LogP contribution in [0.4, 0.5) is 0 Å². The molecule has 0 aromatic carbocycles. The standard InChI is InChI=1S/C16H23N3OS/c1-3-7-19-9-6-16(15(19)20)5-4-8-18(12-16)10-14-11-21-13(2)17-14/h3,11H,1,4-10,12H2,2H3. The van der Waals surface area contributed by atoms with Crippen LogP contribution in [0.3, 0.4) is 0 Å². The van der Waals surface area contributed by atoms with Crippen LogP contribution in [-0.2, 0) is 11.3 Å². The molecule has 0 aliphatic carbocycles. The van der Waals surface area contributed by atoms with Gasteiger partial charge in [-0.1, -0.05) is 6.08 Å². The number of amides is 1. The van der Waals surface area contributed by atoms with Crippen LogP contribution in [-0.4, -0.2) is 46.9 Å². The Labute approximate surface area is 130 Å². The van der Waals surface area contributed by atoms with Crippen LogP contribution in [0.5, 0.6) is 0 Å². The first-order chi connectivity index (χ1) is 10.1. The molecule has 1 amide bonds. The molecule has 3 rings (SSSR count). The average Bonchev–Trinajstić information content (AvgIpc) is 2.99. The van der Waals surface area contributed by atoms with Gasteiger partial charge in [0.1, 0.15) is 0 Å². The largest absolute Gasteiger partial charge is 0.338 e. The second kappa shape index (κ2) is 5.89. The van der Waals surface area contributed by atoms with Gasteiger partial charge in [-0.15, -0.1) is 17.9 Å². The molecule has 4 nitrogen and oxygen atoms in total. The first-order valence-corrected chi connectivity index (χ1v) is 8.54. The van der Waals surface area contributed by atoms with E-state index in [1.165, 1.54) is 0 Å². The van der Waals surface area contributed by atoms with Gasteiger partial charge in [-0.25, -0.2) is 4.98 Å². The van der Waals surface area contributed by atoms with E-state index in [4.69, 9.17) is 0 Å². The third kappa shape index (κ3) is 2.90. The molecule has 2 aliphatic heterocycles. The quantitative estimate of drug-likeness (QED) is 0.802. The van der Waals surface area contributed by atoms with Crippen LogP contribution >= 0.6 is 11.3 Å². The second-order valence-corrected chi connectivity index (χ2v) is 7.30. The lowest BCUT2D eigenvalue weighted by atomic mass is 9.78. The van der Waals surface area contributed by atoms with E-state index in [-0.39, 0.29) is 5.41 Å². The fourth-order valence-corrected chi connectivity index (χ4v) is 4.28. The molecule has 5 heteroatoms. The average molecular weight is 305 g/mol. The summed E-state index contributed by atoms with van der Waals surface area (Å²) in [5, 5.41) is 3.25. The maximum Gasteiger partial charge on any atom is 0.230 e. The van der Waals surface area contributed by atoms with E-state index in [0.29, 0.717) is 12.5 Å². The molecule has 2 saturated heterocycles. The fourth-order valence-electron chi connectivity index (χ4n) is 3.67. The molecule has 1 aromatic heterocycles. The maximum atomic E-state index is 12.7. The normalized spacial score (nSPS) is 26.7. The van der Waals surface area contributed by atoms with Gasteiger partial charge < -0.3 is 4.90 Å². The molecule has 2 aliphatic rings. The Morgan fingerprint density at radius 3 is 3.05 bits per heavy atom. The lowest BCUT2D eigenvalue weighted by Gasteiger charge is -2.38. The molecule has 1 unspecified atom stereocenters. The molecule has 0 radical (unpaired) electrons. The minimum atomic E-state index is -0.147. The Morgan fingerprint density at radius 2 is 2.33 bits per heavy atom. The topological polar surface area (TPSA) is 36.4 Å². The van der Waals surface area contributed by atoms with Gasteiger partial charge in [0, 0.05) is 31.6 Å². The number of aryl methyl sites for hydroxylation is 1. The molecule has 0 N–H and O–H groups in total. The predicted octanol–water partition coefficient (Wildman–Crippen LogP) is 2.45. The summed E-state index contributed by atoms with van der Waals surface area (Å²) in [6, 6.07) is 0. The van der Waals surface area contributed by atoms with Crippen molar-refractivity contribution in [2.24, 2.45) is 5.41 Å². The Kier molecular flexibility index (Phi) is 4.13. The third-order valence-electron chi connectivity index (χ3n) is 4.66. The predicted molar refractivity (Wildman–Crippen MR) is 85.2 cm³/mol. The van der Waals surface area contributed by atoms with Crippen molar-refractivity contribution < 1.29 is 4.79 Å². The van der Waals surface area contributed by atoms with Crippen molar-refractivity contribution in [3.8, 4) is 0 Å². The summed E-state index contributed by atoms with van der Waals surface area (Å²) in [4.78, 5) is 21.6. The number of hydrogen-bond acceptors (Lipinski definition) is 4. The van der Waals surface area contributed by atoms with Gasteiger partial charge in [0.15, 0.2) is 0 Å². The monoisotopic (exact) mass is 305 g/mol. The summed E-state index contributed by atoms with van der Waals surface area (Å²) in [5.41, 5.74) is 0.995. The molecule has 0 bridgehead atoms. The molecule has 1 spiro atoms. The number of nitrogens with zero attached hydrogens (tertiary/aromatic N) is 3. The van der Waals surface area contributed by atoms with Crippen molar-refractivity contribution in [1.82, 2.24) is 14.8 Å². The maximum absolute atomic E-state index is 12.7. The molecular weight excluding hydrogens is 282 g/mol. The van der Waals surface area contributed by atoms with Gasteiger partial charge in [-0.3, -0.25) is 9.69 Å². The summed E-state index contributed by atoms with van der Waals surface area (Å²) < 4.78 is 0. The zero-order valence-corrected chi connectivity index (χ0v) is 13.5. The van der Waals surface area contributed by atoms with E-state index in [1.807, 2.05) is 17.9 Å². The zero-order valence-electron chi connectivity index (χ0n) is 12.7. The van der Waals surface area contributed by atoms with E-state index >= 15 is 0 Å². The van der Waals surface area contributed by atoms with Gasteiger partial charge in [0.25, 0.3) is 0 Å². The van der Waals surface area contributed by atoms with Crippen molar-refractivity contribution in [3.63, 3.8) is 0 Å². The SMILES string of the molecule is C=CCN1CCC2(CCCN(Cc3csc(C)n3)C2)C1=O. The zero-order chi connectivity index (χ0) is 14.9. The third-order valence-corrected chi connectivity index (χ3v) is 5.48. The van der Waals surface area contributed by atoms with Crippen LogP contribution in [0.1, 0.15) is 30.0 Å². The minimum Gasteiger partial charge on any atom is -0.338 e. The molecule has 1 aromatic rings. The van der Waals surface area contributed by atoms with Crippen LogP contribution < -0.4 is 0 Å². The highest BCUT2D eigenvalue weighted by molar-refractivity contribution is 7.09. The number of piperidine rings is 1. The highest BCUT2D eigenvalue weighted by Gasteiger charge is 2.48. The Bertz CT molecular complexity index is 541. The van der Waals surface area contributed by atoms with Gasteiger partial charge in [-0.2, -0.15) is 0 Å². The van der Waals surface area contributed by atoms with E-state index in [0.717, 1.165) is 56.1 Å². The molecule has 3 heterocycles. The second-order valence-electron chi connectivity index (χ2n) is 6.24. The number of thiazole rings is 1. The van der Waals surface area contributed by atoms with Crippen LogP contribution in [0.15, 0.2) is 18.0 Å². The van der Waals surface area contributed by atoms with Crippen molar-refractivity contribution in [1.29, 1.82) is 0 Å². The number of hydrogen-bond donors (Lipinski definition) is 0. The van der Waals surface area contributed by atoms with Crippen LogP contribution in [0.25, 0.3) is 0 Å². The summed E-state index contributed by atoms with van der Waals surface area (Å²) in [7, 11) is 0. The number of rotatable bonds is 4. The van der Waals surface area contributed by atoms with Crippen molar-refractivity contribution in [2.45, 2.75) is 32.7 Å². The number of carbonyl (C=O) groups excluding carboxylic acids is 1. The summed E-state index contributed by atoms with van der Waals surface area (Å²) in [6.45, 7) is 10.2. The molecule has 2 fully saturated rings. The minimum absolute atomic E-state index is 0.147. The smallest absolute Gasteiger partial charge is 0.230 e. The lowest BCUT2D eigenvalue weighted by molar-refractivity contribution is -0.138. The fraction of sp³-hybridized carbons (Fsp3) is 0.625. The van der Waals surface area contributed by atoms with Gasteiger partial charge in [-0.05, 0) is 32.7 Å². The van der Waals surface area contributed by atoms with Crippen molar-refractivity contribution in [3.05, 3.63) is 28.7 Å². The van der Waals surface area contributed by atoms with E-state index < -0.39 is 0 Å². The molecule has 114 valence electrons. The first kappa shape index (κ1) is 14.7. The Hall–Kier alpha value is -1.20. The first-order valence-electron chi connectivity index (χ1n) is 7.67. The van der Waals surface area contributed by atoms with Gasteiger partial charge in [0.05, 0.1) is 16.1 Å². The number of carbonyl (C=O) groups is 1. The molecule has 21 heavy (non-hydrogen) atoms. The summed E-state index contributed by atoms with van der Waals surface area (Å²) in [6.07, 6.45) is 4.96. The molecular formula is C16H23N3OS. The summed E-state index contributed by atoms with van der Waals surface area (Å²) >= 11 is 1.70. The highest BCUT2D eigenvalue weighted by Crippen LogP contribution is 2.40. The van der Waals surface area contributed by atoms with Crippen molar-refractivity contribution >= 4 is 17.2 Å². The molecule has 1 atom stereocenters. The van der Waals surface area contributed by atoms with Gasteiger partial charge >= 0.3 is 0 Å². The Balaban J connectivity index is 1.68. The number of likely N-dealkylation sites (tertiary alicyclic amines) is 2. The van der Waals surface area contributed by atoms with Gasteiger partial charge in [0.2, 0.25) is 5.91 Å². The van der Waals surface area contributed by atoms with Crippen molar-refractivity contribution in [2.75, 3.05) is 26.2 Å². The van der Waals surface area contributed by atoms with E-state index in [9.17, 15) is 4.79 Å². The van der Waals surface area contributed by atoms with E-state index in [2.05, 4.69) is 21.8 Å².